The Labute approximate surface area is 128 Å². The lowest BCUT2D eigenvalue weighted by atomic mass is 9.96. The van der Waals surface area contributed by atoms with Crippen molar-refractivity contribution in [2.45, 2.75) is 75.2 Å². The van der Waals surface area contributed by atoms with Gasteiger partial charge >= 0.3 is 0 Å². The molecule has 2 rings (SSSR count). The first kappa shape index (κ1) is 18.0. The number of rotatable bonds is 3. The molecule has 2 aliphatic rings. The van der Waals surface area contributed by atoms with Crippen LogP contribution in [0, 0.1) is 0 Å². The van der Waals surface area contributed by atoms with Crippen LogP contribution in [0.3, 0.4) is 0 Å². The van der Waals surface area contributed by atoms with Gasteiger partial charge in [-0.15, -0.1) is 0 Å². The van der Waals surface area contributed by atoms with Crippen molar-refractivity contribution in [1.29, 1.82) is 0 Å². The molecule has 0 spiro atoms. The van der Waals surface area contributed by atoms with Crippen molar-refractivity contribution in [3.8, 4) is 0 Å². The van der Waals surface area contributed by atoms with Gasteiger partial charge in [0.25, 0.3) is 0 Å². The summed E-state index contributed by atoms with van der Waals surface area (Å²) in [7, 11) is 1.37. The molecule has 0 saturated carbocycles. The Morgan fingerprint density at radius 1 is 0.864 bits per heavy atom. The molecule has 0 aromatic heterocycles. The van der Waals surface area contributed by atoms with E-state index in [1.54, 1.807) is 13.8 Å². The lowest BCUT2D eigenvalue weighted by molar-refractivity contribution is -0.343. The monoisotopic (exact) mass is 323 g/mol. The van der Waals surface area contributed by atoms with Crippen LogP contribution in [-0.4, -0.2) is 88.9 Å². The molecule has 0 unspecified atom stereocenters. The number of nitrogens with two attached hydrogens (primary N) is 1. The summed E-state index contributed by atoms with van der Waals surface area (Å²) in [5.74, 6) is 0. The first-order chi connectivity index (χ1) is 10.3. The Hall–Kier alpha value is -0.360. The summed E-state index contributed by atoms with van der Waals surface area (Å²) in [6.07, 6.45) is -9.51. The lowest BCUT2D eigenvalue weighted by Gasteiger charge is -2.45. The molecule has 0 amide bonds. The fourth-order valence-electron chi connectivity index (χ4n) is 2.73. The van der Waals surface area contributed by atoms with E-state index in [0.29, 0.717) is 0 Å². The van der Waals surface area contributed by atoms with E-state index in [0.717, 1.165) is 0 Å². The maximum Gasteiger partial charge on any atom is 0.187 e. The van der Waals surface area contributed by atoms with E-state index in [2.05, 4.69) is 0 Å². The summed E-state index contributed by atoms with van der Waals surface area (Å²) in [6.45, 7) is 3.21. The molecule has 2 saturated heterocycles. The maximum absolute atomic E-state index is 10.1. The zero-order chi connectivity index (χ0) is 16.6. The number of aliphatic hydroxyl groups excluding tert-OH is 4. The van der Waals surface area contributed by atoms with Gasteiger partial charge in [0, 0.05) is 7.11 Å². The van der Waals surface area contributed by atoms with Crippen LogP contribution < -0.4 is 5.73 Å². The smallest absolute Gasteiger partial charge is 0.187 e. The summed E-state index contributed by atoms with van der Waals surface area (Å²) in [4.78, 5) is 0. The summed E-state index contributed by atoms with van der Waals surface area (Å²) in [5, 5.41) is 39.8. The van der Waals surface area contributed by atoms with Gasteiger partial charge in [0.1, 0.15) is 30.5 Å². The molecule has 9 heteroatoms. The van der Waals surface area contributed by atoms with Gasteiger partial charge in [-0.25, -0.2) is 0 Å². The maximum atomic E-state index is 10.1. The summed E-state index contributed by atoms with van der Waals surface area (Å²) >= 11 is 0. The Morgan fingerprint density at radius 2 is 1.50 bits per heavy atom. The third kappa shape index (κ3) is 3.28. The zero-order valence-electron chi connectivity index (χ0n) is 12.8. The van der Waals surface area contributed by atoms with Gasteiger partial charge in [0.15, 0.2) is 12.6 Å². The molecule has 0 aliphatic carbocycles. The molecule has 9 nitrogen and oxygen atoms in total. The van der Waals surface area contributed by atoms with E-state index < -0.39 is 61.3 Å². The summed E-state index contributed by atoms with van der Waals surface area (Å²) in [5.41, 5.74) is 5.81. The number of aliphatic hydroxyl groups is 4. The minimum atomic E-state index is -1.49. The van der Waals surface area contributed by atoms with Crippen LogP contribution in [0.4, 0.5) is 0 Å². The topological polar surface area (TPSA) is 144 Å². The quantitative estimate of drug-likeness (QED) is 0.374. The Balaban J connectivity index is 2.12. The average Bonchev–Trinajstić information content (AvgIpc) is 2.47. The van der Waals surface area contributed by atoms with Crippen LogP contribution in [-0.2, 0) is 18.9 Å². The number of hydrogen-bond donors (Lipinski definition) is 5. The highest BCUT2D eigenvalue weighted by Crippen LogP contribution is 2.28. The van der Waals surface area contributed by atoms with Crippen LogP contribution in [0.25, 0.3) is 0 Å². The van der Waals surface area contributed by atoms with Crippen LogP contribution in [0.1, 0.15) is 13.8 Å². The third-order valence-corrected chi connectivity index (χ3v) is 4.25. The van der Waals surface area contributed by atoms with E-state index in [4.69, 9.17) is 24.7 Å². The normalized spacial score (nSPS) is 53.5. The van der Waals surface area contributed by atoms with Gasteiger partial charge in [-0.1, -0.05) is 0 Å². The fourth-order valence-corrected chi connectivity index (χ4v) is 2.73. The Bertz CT molecular complexity index is 358. The van der Waals surface area contributed by atoms with Gasteiger partial charge in [-0.05, 0) is 13.8 Å². The minimum absolute atomic E-state index is 0.511. The zero-order valence-corrected chi connectivity index (χ0v) is 12.8. The molecule has 0 aromatic rings. The van der Waals surface area contributed by atoms with Crippen molar-refractivity contribution >= 4 is 0 Å². The largest absolute Gasteiger partial charge is 0.388 e. The second-order valence-electron chi connectivity index (χ2n) is 5.79. The molecule has 6 N–H and O–H groups in total. The van der Waals surface area contributed by atoms with Crippen molar-refractivity contribution in [3.63, 3.8) is 0 Å². The SMILES string of the molecule is CO[C@@H]1[C@@H](O[C@@H]2[C@@H](O)[C@H](C)O[C@@H](O)[C@@H]2O)O[C@@H](C)[C@H](N)[C@H]1O. The highest BCUT2D eigenvalue weighted by atomic mass is 16.7. The number of methoxy groups -OCH3 is 1. The Kier molecular flexibility index (Phi) is 5.75. The van der Waals surface area contributed by atoms with E-state index >= 15 is 0 Å². The average molecular weight is 323 g/mol. The molecule has 130 valence electrons. The lowest BCUT2D eigenvalue weighted by Crippen LogP contribution is -2.64. The molecule has 2 aliphatic heterocycles. The molecule has 0 radical (unpaired) electrons. The second kappa shape index (κ2) is 7.04. The molecule has 2 heterocycles. The van der Waals surface area contributed by atoms with Crippen molar-refractivity contribution in [1.82, 2.24) is 0 Å². The molecule has 2 fully saturated rings. The predicted molar refractivity (Wildman–Crippen MR) is 72.6 cm³/mol. The number of hydrogen-bond acceptors (Lipinski definition) is 9. The van der Waals surface area contributed by atoms with Crippen LogP contribution >= 0.6 is 0 Å². The summed E-state index contributed by atoms with van der Waals surface area (Å²) in [6, 6.07) is -0.654. The highest BCUT2D eigenvalue weighted by molar-refractivity contribution is 4.94. The molecule has 10 atom stereocenters. The van der Waals surface area contributed by atoms with Gasteiger partial charge in [-0.2, -0.15) is 0 Å². The van der Waals surface area contributed by atoms with Crippen LogP contribution in [0.2, 0.25) is 0 Å². The first-order valence-corrected chi connectivity index (χ1v) is 7.25. The van der Waals surface area contributed by atoms with Crippen molar-refractivity contribution in [2.24, 2.45) is 5.73 Å². The van der Waals surface area contributed by atoms with Crippen LogP contribution in [0.15, 0.2) is 0 Å². The molecule has 22 heavy (non-hydrogen) atoms. The molecular formula is C13H25NO8. The standard InChI is InChI=1S/C13H25NO8/c1-4-6(14)8(16)11(19-3)13(21-4)22-10-7(15)5(2)20-12(18)9(10)17/h4-13,15-18H,14H2,1-3H3/t4-,5-,6-,7-,8+,9+,10+,11-,12+,13+/m0/s1. The fraction of sp³-hybridized carbons (Fsp3) is 1.00. The summed E-state index contributed by atoms with van der Waals surface area (Å²) < 4.78 is 21.3. The second-order valence-corrected chi connectivity index (χ2v) is 5.79. The molecule has 0 bridgehead atoms. The third-order valence-electron chi connectivity index (χ3n) is 4.25. The van der Waals surface area contributed by atoms with E-state index in [1.165, 1.54) is 7.11 Å². The van der Waals surface area contributed by atoms with Gasteiger partial charge in [0.2, 0.25) is 0 Å². The van der Waals surface area contributed by atoms with Gasteiger partial charge in [0.05, 0.1) is 18.2 Å². The van der Waals surface area contributed by atoms with Crippen LogP contribution in [0.5, 0.6) is 0 Å². The van der Waals surface area contributed by atoms with E-state index in [-0.39, 0.29) is 0 Å². The van der Waals surface area contributed by atoms with Crippen molar-refractivity contribution < 1.29 is 39.4 Å². The van der Waals surface area contributed by atoms with Gasteiger partial charge < -0.3 is 45.1 Å². The minimum Gasteiger partial charge on any atom is -0.388 e. The van der Waals surface area contributed by atoms with E-state index in [9.17, 15) is 20.4 Å². The van der Waals surface area contributed by atoms with Gasteiger partial charge in [-0.3, -0.25) is 0 Å². The predicted octanol–water partition coefficient (Wildman–Crippen LogP) is -2.72. The number of ether oxygens (including phenoxy) is 4. The highest BCUT2D eigenvalue weighted by Gasteiger charge is 2.49. The molecule has 0 aromatic carbocycles. The van der Waals surface area contributed by atoms with Crippen molar-refractivity contribution in [3.05, 3.63) is 0 Å². The van der Waals surface area contributed by atoms with Crippen molar-refractivity contribution in [2.75, 3.05) is 7.11 Å². The first-order valence-electron chi connectivity index (χ1n) is 7.25. The molecular weight excluding hydrogens is 298 g/mol. The van der Waals surface area contributed by atoms with E-state index in [1.807, 2.05) is 0 Å². The Morgan fingerprint density at radius 3 is 2.09 bits per heavy atom.